The van der Waals surface area contributed by atoms with Crippen LogP contribution in [0.25, 0.3) is 0 Å². The van der Waals surface area contributed by atoms with E-state index in [0.29, 0.717) is 23.1 Å². The highest BCUT2D eigenvalue weighted by Crippen LogP contribution is 2.44. The van der Waals surface area contributed by atoms with Crippen molar-refractivity contribution < 1.29 is 14.6 Å². The third-order valence-corrected chi connectivity index (χ3v) is 4.23. The van der Waals surface area contributed by atoms with E-state index in [-0.39, 0.29) is 11.9 Å². The molecule has 0 heterocycles. The lowest BCUT2D eigenvalue weighted by Crippen LogP contribution is -2.40. The molecule has 1 aromatic rings. The third-order valence-electron chi connectivity index (χ3n) is 4.23. The first-order chi connectivity index (χ1) is 9.69. The van der Waals surface area contributed by atoms with Gasteiger partial charge in [-0.25, -0.2) is 0 Å². The average Bonchev–Trinajstić information content (AvgIpc) is 3.36. The number of hydrogen-bond acceptors (Lipinski definition) is 3. The van der Waals surface area contributed by atoms with Gasteiger partial charge in [-0.15, -0.1) is 0 Å². The first-order valence-corrected chi connectivity index (χ1v) is 7.31. The molecule has 1 atom stereocenters. The Morgan fingerprint density at radius 1 is 1.30 bits per heavy atom. The summed E-state index contributed by atoms with van der Waals surface area (Å²) in [5.74, 6) is 1.62. The Bertz CT molecular complexity index is 482. The van der Waals surface area contributed by atoms with Gasteiger partial charge in [-0.1, -0.05) is 12.1 Å². The second-order valence-electron chi connectivity index (χ2n) is 5.89. The Morgan fingerprint density at radius 3 is 2.50 bits per heavy atom. The molecule has 2 aliphatic carbocycles. The van der Waals surface area contributed by atoms with Crippen molar-refractivity contribution in [1.82, 2.24) is 5.32 Å². The number of methoxy groups -OCH3 is 1. The van der Waals surface area contributed by atoms with E-state index >= 15 is 0 Å². The van der Waals surface area contributed by atoms with Crippen molar-refractivity contribution in [3.05, 3.63) is 29.8 Å². The molecule has 0 radical (unpaired) electrons. The minimum absolute atomic E-state index is 0.266. The number of aliphatic hydroxyl groups is 1. The van der Waals surface area contributed by atoms with Gasteiger partial charge in [0.2, 0.25) is 0 Å². The van der Waals surface area contributed by atoms with Crippen LogP contribution in [-0.4, -0.2) is 24.2 Å². The predicted octanol–water partition coefficient (Wildman–Crippen LogP) is 2.03. The van der Waals surface area contributed by atoms with Gasteiger partial charge in [-0.2, -0.15) is 0 Å². The zero-order valence-corrected chi connectivity index (χ0v) is 11.7. The van der Waals surface area contributed by atoms with Crippen LogP contribution in [-0.2, 0) is 4.79 Å². The van der Waals surface area contributed by atoms with Crippen molar-refractivity contribution in [2.24, 2.45) is 11.8 Å². The summed E-state index contributed by atoms with van der Waals surface area (Å²) < 4.78 is 5.12. The summed E-state index contributed by atoms with van der Waals surface area (Å²) in [5.41, 5.74) is 0.576. The lowest BCUT2D eigenvalue weighted by molar-refractivity contribution is -0.130. The maximum absolute atomic E-state index is 12.2. The number of ether oxygens (including phenoxy) is 1. The lowest BCUT2D eigenvalue weighted by atomic mass is 10.0. The van der Waals surface area contributed by atoms with Crippen molar-refractivity contribution in [2.45, 2.75) is 37.8 Å². The molecule has 0 aromatic heterocycles. The number of aliphatic hydroxyl groups excluding tert-OH is 1. The van der Waals surface area contributed by atoms with Crippen LogP contribution in [0.5, 0.6) is 5.75 Å². The lowest BCUT2D eigenvalue weighted by Gasteiger charge is -2.20. The largest absolute Gasteiger partial charge is 0.497 e. The second kappa shape index (κ2) is 5.44. The van der Waals surface area contributed by atoms with Gasteiger partial charge in [-0.3, -0.25) is 4.79 Å². The van der Waals surface area contributed by atoms with E-state index in [1.54, 1.807) is 31.4 Å². The molecule has 4 nitrogen and oxygen atoms in total. The van der Waals surface area contributed by atoms with Crippen LogP contribution in [0, 0.1) is 11.8 Å². The zero-order valence-electron chi connectivity index (χ0n) is 11.7. The molecule has 3 rings (SSSR count). The molecular formula is C16H21NO3. The Kier molecular flexibility index (Phi) is 3.66. The summed E-state index contributed by atoms with van der Waals surface area (Å²) in [6.07, 6.45) is 3.70. The summed E-state index contributed by atoms with van der Waals surface area (Å²) in [6.45, 7) is 0. The fraction of sp³-hybridized carbons (Fsp3) is 0.562. The quantitative estimate of drug-likeness (QED) is 0.835. The maximum Gasteiger partial charge on any atom is 0.253 e. The molecule has 0 spiro atoms. The van der Waals surface area contributed by atoms with Gasteiger partial charge < -0.3 is 15.2 Å². The van der Waals surface area contributed by atoms with Gasteiger partial charge in [0, 0.05) is 6.04 Å². The molecular weight excluding hydrogens is 254 g/mol. The molecule has 108 valence electrons. The van der Waals surface area contributed by atoms with E-state index in [2.05, 4.69) is 5.32 Å². The van der Waals surface area contributed by atoms with Crippen LogP contribution in [0.2, 0.25) is 0 Å². The van der Waals surface area contributed by atoms with Crippen LogP contribution >= 0.6 is 0 Å². The smallest absolute Gasteiger partial charge is 0.253 e. The summed E-state index contributed by atoms with van der Waals surface area (Å²) >= 11 is 0. The van der Waals surface area contributed by atoms with Crippen molar-refractivity contribution in [3.8, 4) is 5.75 Å². The van der Waals surface area contributed by atoms with Crippen molar-refractivity contribution in [2.75, 3.05) is 7.11 Å². The summed E-state index contributed by atoms with van der Waals surface area (Å²) in [4.78, 5) is 12.2. The molecule has 4 heteroatoms. The van der Waals surface area contributed by atoms with Crippen LogP contribution in [0.15, 0.2) is 24.3 Å². The standard InChI is InChI=1S/C16H21NO3/c1-20-13-4-2-3-12(9-13)15(18)16(19)17-14(10-5-6-10)11-7-8-11/h2-4,9-11,14-15,18H,5-8H2,1H3,(H,17,19). The van der Waals surface area contributed by atoms with E-state index in [0.717, 1.165) is 0 Å². The zero-order chi connectivity index (χ0) is 14.1. The van der Waals surface area contributed by atoms with E-state index in [9.17, 15) is 9.90 Å². The van der Waals surface area contributed by atoms with Crippen LogP contribution in [0.1, 0.15) is 37.4 Å². The molecule has 2 fully saturated rings. The number of nitrogens with one attached hydrogen (secondary N) is 1. The van der Waals surface area contributed by atoms with E-state index in [1.165, 1.54) is 25.7 Å². The SMILES string of the molecule is COc1cccc(C(O)C(=O)NC(C2CC2)C2CC2)c1. The van der Waals surface area contributed by atoms with E-state index in [4.69, 9.17) is 4.74 Å². The average molecular weight is 275 g/mol. The monoisotopic (exact) mass is 275 g/mol. The Hall–Kier alpha value is -1.55. The highest BCUT2D eigenvalue weighted by molar-refractivity contribution is 5.82. The van der Waals surface area contributed by atoms with Gasteiger partial charge in [0.05, 0.1) is 7.11 Å². The first-order valence-electron chi connectivity index (χ1n) is 7.31. The van der Waals surface area contributed by atoms with Crippen LogP contribution in [0.4, 0.5) is 0 Å². The molecule has 2 saturated carbocycles. The Balaban J connectivity index is 1.65. The van der Waals surface area contributed by atoms with Crippen molar-refractivity contribution in [3.63, 3.8) is 0 Å². The molecule has 1 amide bonds. The van der Waals surface area contributed by atoms with Crippen LogP contribution < -0.4 is 10.1 Å². The van der Waals surface area contributed by atoms with E-state index in [1.807, 2.05) is 0 Å². The number of carbonyl (C=O) groups excluding carboxylic acids is 1. The highest BCUT2D eigenvalue weighted by atomic mass is 16.5. The van der Waals surface area contributed by atoms with Crippen LogP contribution in [0.3, 0.4) is 0 Å². The molecule has 1 aromatic carbocycles. The fourth-order valence-electron chi connectivity index (χ4n) is 2.74. The Labute approximate surface area is 119 Å². The first kappa shape index (κ1) is 13.4. The van der Waals surface area contributed by atoms with Gasteiger partial charge >= 0.3 is 0 Å². The van der Waals surface area contributed by atoms with Gasteiger partial charge in [0.1, 0.15) is 5.75 Å². The normalized spacial score (nSPS) is 19.8. The number of rotatable bonds is 6. The van der Waals surface area contributed by atoms with Crippen molar-refractivity contribution in [1.29, 1.82) is 0 Å². The number of carbonyl (C=O) groups is 1. The van der Waals surface area contributed by atoms with Gasteiger partial charge in [-0.05, 0) is 55.2 Å². The molecule has 1 unspecified atom stereocenters. The highest BCUT2D eigenvalue weighted by Gasteiger charge is 2.42. The molecule has 0 bridgehead atoms. The molecule has 20 heavy (non-hydrogen) atoms. The predicted molar refractivity (Wildman–Crippen MR) is 75.3 cm³/mol. The second-order valence-corrected chi connectivity index (χ2v) is 5.89. The molecule has 0 saturated heterocycles. The molecule has 2 aliphatic rings. The minimum Gasteiger partial charge on any atom is -0.497 e. The number of hydrogen-bond donors (Lipinski definition) is 2. The minimum atomic E-state index is -1.12. The van der Waals surface area contributed by atoms with E-state index < -0.39 is 6.10 Å². The molecule has 0 aliphatic heterocycles. The third kappa shape index (κ3) is 2.96. The van der Waals surface area contributed by atoms with Gasteiger partial charge in [0.25, 0.3) is 5.91 Å². The fourth-order valence-corrected chi connectivity index (χ4v) is 2.74. The van der Waals surface area contributed by atoms with Gasteiger partial charge in [0.15, 0.2) is 6.10 Å². The summed E-state index contributed by atoms with van der Waals surface area (Å²) in [5, 5.41) is 13.2. The number of amides is 1. The summed E-state index contributed by atoms with van der Waals surface area (Å²) in [6, 6.07) is 7.29. The molecule has 2 N–H and O–H groups in total. The van der Waals surface area contributed by atoms with Crippen molar-refractivity contribution >= 4 is 5.91 Å². The maximum atomic E-state index is 12.2. The summed E-state index contributed by atoms with van der Waals surface area (Å²) in [7, 11) is 1.57. The number of benzene rings is 1. The Morgan fingerprint density at radius 2 is 1.95 bits per heavy atom. The topological polar surface area (TPSA) is 58.6 Å².